The lowest BCUT2D eigenvalue weighted by Crippen LogP contribution is -2.60. The molecule has 0 spiro atoms. The second kappa shape index (κ2) is 37.3. The predicted octanol–water partition coefficient (Wildman–Crippen LogP) is 7.73. The summed E-state index contributed by atoms with van der Waals surface area (Å²) in [6, 6.07) is -0.788. The topological polar surface area (TPSA) is 184 Å². The molecule has 0 radical (unpaired) electrons. The maximum absolute atomic E-state index is 10.7. The molecule has 8 N–H and O–H groups in total. The van der Waals surface area contributed by atoms with Gasteiger partial charge in [-0.05, 0) is 25.7 Å². The minimum atomic E-state index is -1.56. The Morgan fingerprint density at radius 2 is 1.05 bits per heavy atom. The molecule has 1 rings (SSSR count). The minimum absolute atomic E-state index is 0.116. The molecule has 9 atom stereocenters. The van der Waals surface area contributed by atoms with Gasteiger partial charge in [-0.3, -0.25) is 0 Å². The first-order valence-corrected chi connectivity index (χ1v) is 23.2. The van der Waals surface area contributed by atoms with Crippen molar-refractivity contribution in [1.82, 2.24) is 0 Å². The smallest absolute Gasteiger partial charge is 0.186 e. The number of allylic oxidation sites excluding steroid dienone is 1. The molecule has 0 unspecified atom stereocenters. The summed E-state index contributed by atoms with van der Waals surface area (Å²) in [6.45, 7) is 3.63. The number of hydrogen-bond acceptors (Lipinski definition) is 11. The lowest BCUT2D eigenvalue weighted by Gasteiger charge is -2.40. The molecule has 1 saturated heterocycles. The van der Waals surface area contributed by atoms with E-state index in [4.69, 9.17) is 24.7 Å². The standard InChI is InChI=1S/C45H89NO10/c1-3-5-7-9-11-13-15-17-18-20-22-24-26-28-30-32-41(53-34-37(48)33-47)54-36-40-42(50)43(51)44(52)45(56-40)55-35-38(46)39(49)31-29-27-25-23-21-19-16-14-12-10-8-6-4-2/h29,31,37-45,47-52H,3-28,30,32-36,46H2,1-2H3/b31-29+/t37-,38-,39+,40+,41-,42-,43-,44+,45+/m0/s1. The molecule has 0 saturated carbocycles. The highest BCUT2D eigenvalue weighted by Gasteiger charge is 2.45. The Hall–Kier alpha value is -0.700. The van der Waals surface area contributed by atoms with Crippen LogP contribution < -0.4 is 5.73 Å². The van der Waals surface area contributed by atoms with E-state index in [1.165, 1.54) is 141 Å². The summed E-state index contributed by atoms with van der Waals surface area (Å²) in [5.41, 5.74) is 6.17. The number of unbranched alkanes of at least 4 members (excludes halogenated alkanes) is 25. The van der Waals surface area contributed by atoms with E-state index in [2.05, 4.69) is 13.8 Å². The maximum atomic E-state index is 10.7. The Kier molecular flexibility index (Phi) is 35.5. The third-order valence-corrected chi connectivity index (χ3v) is 11.0. The quantitative estimate of drug-likeness (QED) is 0.0183. The molecule has 1 fully saturated rings. The molecule has 0 bridgehead atoms. The lowest BCUT2D eigenvalue weighted by molar-refractivity contribution is -0.310. The molecule has 11 nitrogen and oxygen atoms in total. The third kappa shape index (κ3) is 27.9. The van der Waals surface area contributed by atoms with Crippen molar-refractivity contribution >= 4 is 0 Å². The van der Waals surface area contributed by atoms with E-state index >= 15 is 0 Å². The Morgan fingerprint density at radius 1 is 0.589 bits per heavy atom. The van der Waals surface area contributed by atoms with Crippen molar-refractivity contribution in [2.45, 2.75) is 249 Å². The van der Waals surface area contributed by atoms with Crippen molar-refractivity contribution in [3.8, 4) is 0 Å². The molecular formula is C45H89NO10. The van der Waals surface area contributed by atoms with Crippen LogP contribution in [-0.4, -0.2) is 112 Å². The van der Waals surface area contributed by atoms with Gasteiger partial charge in [-0.1, -0.05) is 180 Å². The normalized spacial score (nSPS) is 22.5. The van der Waals surface area contributed by atoms with E-state index in [9.17, 15) is 30.6 Å². The summed E-state index contributed by atoms with van der Waals surface area (Å²) in [5, 5.41) is 61.4. The maximum Gasteiger partial charge on any atom is 0.186 e. The van der Waals surface area contributed by atoms with Crippen molar-refractivity contribution in [1.29, 1.82) is 0 Å². The van der Waals surface area contributed by atoms with Gasteiger partial charge < -0.3 is 55.3 Å². The van der Waals surface area contributed by atoms with Gasteiger partial charge >= 0.3 is 0 Å². The van der Waals surface area contributed by atoms with E-state index in [1.54, 1.807) is 6.08 Å². The van der Waals surface area contributed by atoms with Gasteiger partial charge in [0.1, 0.15) is 30.5 Å². The van der Waals surface area contributed by atoms with E-state index in [1.807, 2.05) is 6.08 Å². The van der Waals surface area contributed by atoms with Gasteiger partial charge in [0, 0.05) is 0 Å². The van der Waals surface area contributed by atoms with E-state index in [0.717, 1.165) is 32.1 Å². The highest BCUT2D eigenvalue weighted by atomic mass is 16.7. The average molecular weight is 804 g/mol. The van der Waals surface area contributed by atoms with Gasteiger partial charge in [0.05, 0.1) is 38.6 Å². The fraction of sp³-hybridized carbons (Fsp3) is 0.956. The number of nitrogens with two attached hydrogens (primary N) is 1. The molecule has 11 heteroatoms. The highest BCUT2D eigenvalue weighted by Crippen LogP contribution is 2.24. The zero-order valence-corrected chi connectivity index (χ0v) is 35.9. The lowest BCUT2D eigenvalue weighted by atomic mass is 9.99. The number of hydrogen-bond donors (Lipinski definition) is 7. The zero-order valence-electron chi connectivity index (χ0n) is 35.9. The molecule has 334 valence electrons. The predicted molar refractivity (Wildman–Crippen MR) is 225 cm³/mol. The average Bonchev–Trinajstić information content (AvgIpc) is 3.20. The van der Waals surface area contributed by atoms with Crippen molar-refractivity contribution in [3.63, 3.8) is 0 Å². The SMILES string of the molecule is CCCCCCCCCCCCC/C=C/[C@@H](O)[C@@H](N)CO[C@@H]1O[C@H](CO[C@@H](CCCCCCCCCCCCCCCCC)OC[C@@H](O)CO)[C@H](O)[C@H](O)[C@H]1O. The van der Waals surface area contributed by atoms with Gasteiger partial charge in [-0.2, -0.15) is 0 Å². The monoisotopic (exact) mass is 804 g/mol. The third-order valence-electron chi connectivity index (χ3n) is 11.0. The molecule has 0 aromatic carbocycles. The van der Waals surface area contributed by atoms with E-state index in [-0.39, 0.29) is 19.8 Å². The molecular weight excluding hydrogens is 714 g/mol. The van der Waals surface area contributed by atoms with Crippen LogP contribution in [0, 0.1) is 0 Å². The van der Waals surface area contributed by atoms with Crippen molar-refractivity contribution in [3.05, 3.63) is 12.2 Å². The Labute approximate surface area is 342 Å². The second-order valence-corrected chi connectivity index (χ2v) is 16.4. The fourth-order valence-electron chi connectivity index (χ4n) is 7.17. The van der Waals surface area contributed by atoms with Crippen LogP contribution in [0.1, 0.15) is 194 Å². The zero-order chi connectivity index (χ0) is 41.1. The first kappa shape index (κ1) is 53.3. The number of aliphatic hydroxyl groups excluding tert-OH is 6. The summed E-state index contributed by atoms with van der Waals surface area (Å²) in [6.07, 6.45) is 28.3. The van der Waals surface area contributed by atoms with Crippen molar-refractivity contribution < 1.29 is 49.6 Å². The van der Waals surface area contributed by atoms with Gasteiger partial charge in [-0.15, -0.1) is 0 Å². The molecule has 1 heterocycles. The summed E-state index contributed by atoms with van der Waals surface area (Å²) >= 11 is 0. The summed E-state index contributed by atoms with van der Waals surface area (Å²) in [7, 11) is 0. The van der Waals surface area contributed by atoms with Crippen LogP contribution >= 0.6 is 0 Å². The first-order valence-electron chi connectivity index (χ1n) is 23.2. The van der Waals surface area contributed by atoms with Crippen LogP contribution in [-0.2, 0) is 18.9 Å². The van der Waals surface area contributed by atoms with Crippen molar-refractivity contribution in [2.24, 2.45) is 5.73 Å². The molecule has 56 heavy (non-hydrogen) atoms. The summed E-state index contributed by atoms with van der Waals surface area (Å²) in [5.74, 6) is 0. The van der Waals surface area contributed by atoms with Gasteiger partial charge in [0.15, 0.2) is 12.6 Å². The molecule has 0 amide bonds. The first-order chi connectivity index (χ1) is 27.2. The van der Waals surface area contributed by atoms with Crippen LogP contribution in [0.2, 0.25) is 0 Å². The second-order valence-electron chi connectivity index (χ2n) is 16.4. The van der Waals surface area contributed by atoms with E-state index < -0.39 is 61.9 Å². The Bertz CT molecular complexity index is 869. The van der Waals surface area contributed by atoms with E-state index in [0.29, 0.717) is 6.42 Å². The molecule has 0 aromatic rings. The summed E-state index contributed by atoms with van der Waals surface area (Å²) in [4.78, 5) is 0. The van der Waals surface area contributed by atoms with Crippen LogP contribution in [0.4, 0.5) is 0 Å². The van der Waals surface area contributed by atoms with Gasteiger partial charge in [-0.25, -0.2) is 0 Å². The van der Waals surface area contributed by atoms with Gasteiger partial charge in [0.2, 0.25) is 0 Å². The van der Waals surface area contributed by atoms with Crippen molar-refractivity contribution in [2.75, 3.05) is 26.4 Å². The van der Waals surface area contributed by atoms with Crippen LogP contribution in [0.25, 0.3) is 0 Å². The van der Waals surface area contributed by atoms with Crippen LogP contribution in [0.5, 0.6) is 0 Å². The molecule has 1 aliphatic rings. The minimum Gasteiger partial charge on any atom is -0.394 e. The fourth-order valence-corrected chi connectivity index (χ4v) is 7.17. The Balaban J connectivity index is 2.36. The number of ether oxygens (including phenoxy) is 4. The van der Waals surface area contributed by atoms with Crippen LogP contribution in [0.15, 0.2) is 12.2 Å². The van der Waals surface area contributed by atoms with Crippen LogP contribution in [0.3, 0.4) is 0 Å². The largest absolute Gasteiger partial charge is 0.394 e. The highest BCUT2D eigenvalue weighted by molar-refractivity contribution is 4.94. The molecule has 1 aliphatic heterocycles. The Morgan fingerprint density at radius 3 is 1.54 bits per heavy atom. The van der Waals surface area contributed by atoms with Gasteiger partial charge in [0.25, 0.3) is 0 Å². The number of aliphatic hydroxyl groups is 6. The summed E-state index contributed by atoms with van der Waals surface area (Å²) < 4.78 is 23.2. The molecule has 0 aliphatic carbocycles. The number of rotatable bonds is 40. The molecule has 0 aromatic heterocycles.